The van der Waals surface area contributed by atoms with Crippen molar-refractivity contribution in [2.75, 3.05) is 32.2 Å². The van der Waals surface area contributed by atoms with Gasteiger partial charge in [-0.1, -0.05) is 77.6 Å². The van der Waals surface area contributed by atoms with Crippen LogP contribution in [0.4, 0.5) is 5.82 Å². The van der Waals surface area contributed by atoms with Gasteiger partial charge in [0.2, 0.25) is 11.5 Å². The van der Waals surface area contributed by atoms with Crippen LogP contribution in [0.15, 0.2) is 36.8 Å². The third kappa shape index (κ3) is 11.7. The summed E-state index contributed by atoms with van der Waals surface area (Å²) in [5.41, 5.74) is 5.53. The predicted molar refractivity (Wildman–Crippen MR) is 200 cm³/mol. The number of pyridine rings is 1. The molecule has 0 amide bonds. The minimum Gasteiger partial charge on any atom is -0.469 e. The monoisotopic (exact) mass is 783 g/mol. The van der Waals surface area contributed by atoms with Crippen molar-refractivity contribution in [3.63, 3.8) is 0 Å². The van der Waals surface area contributed by atoms with Crippen LogP contribution in [0.5, 0.6) is 5.88 Å². The molecule has 2 saturated heterocycles. The van der Waals surface area contributed by atoms with Gasteiger partial charge in [-0.15, -0.1) is 0 Å². The third-order valence-electron chi connectivity index (χ3n) is 9.68. The van der Waals surface area contributed by atoms with Gasteiger partial charge in [-0.2, -0.15) is 15.6 Å². The van der Waals surface area contributed by atoms with Crippen LogP contribution in [0.3, 0.4) is 0 Å². The van der Waals surface area contributed by atoms with Gasteiger partial charge < -0.3 is 34.3 Å². The molecule has 0 saturated carbocycles. The molecule has 17 heteroatoms. The summed E-state index contributed by atoms with van der Waals surface area (Å²) in [5.74, 6) is -0.728. The zero-order valence-corrected chi connectivity index (χ0v) is 32.9. The van der Waals surface area contributed by atoms with Gasteiger partial charge in [0.05, 0.1) is 30.5 Å². The number of aromatic nitrogens is 4. The second-order valence-electron chi connectivity index (χ2n) is 14.5. The topological polar surface area (TPSA) is 219 Å². The number of nitriles is 2. The highest BCUT2D eigenvalue weighted by molar-refractivity contribution is 7.47. The van der Waals surface area contributed by atoms with E-state index in [4.69, 9.17) is 38.5 Å². The van der Waals surface area contributed by atoms with Crippen molar-refractivity contribution in [1.82, 2.24) is 19.6 Å². The van der Waals surface area contributed by atoms with E-state index < -0.39 is 56.8 Å². The molecule has 3 aromatic rings. The Labute approximate surface area is 322 Å². The van der Waals surface area contributed by atoms with Gasteiger partial charge in [-0.3, -0.25) is 9.05 Å². The Morgan fingerprint density at radius 1 is 0.964 bits per heavy atom. The third-order valence-corrected chi connectivity index (χ3v) is 10.6. The molecule has 0 radical (unpaired) electrons. The normalized spacial score (nSPS) is 23.2. The van der Waals surface area contributed by atoms with Crippen LogP contribution in [0, 0.1) is 22.7 Å². The van der Waals surface area contributed by atoms with Crippen molar-refractivity contribution < 1.29 is 42.2 Å². The van der Waals surface area contributed by atoms with Gasteiger partial charge in [0.15, 0.2) is 11.6 Å². The molecule has 2 fully saturated rings. The van der Waals surface area contributed by atoms with E-state index in [0.29, 0.717) is 23.4 Å². The molecule has 0 spiro atoms. The lowest BCUT2D eigenvalue weighted by atomic mass is 9.96. The smallest absolute Gasteiger partial charge is 0.469 e. The molecule has 6 atom stereocenters. The van der Waals surface area contributed by atoms with E-state index in [-0.39, 0.29) is 18.3 Å². The summed E-state index contributed by atoms with van der Waals surface area (Å²) in [5, 5.41) is 24.1. The molecule has 3 aromatic heterocycles. The molecular weight excluding hydrogens is 729 g/mol. The first-order valence-corrected chi connectivity index (χ1v) is 20.7. The van der Waals surface area contributed by atoms with E-state index in [2.05, 4.69) is 28.1 Å². The lowest BCUT2D eigenvalue weighted by molar-refractivity contribution is -0.204. The number of unbranched alkanes of at least 4 members (excludes halogenated alkanes) is 11. The molecular formula is C38H54N7O9P. The molecule has 1 unspecified atom stereocenters. The largest absolute Gasteiger partial charge is 0.472 e. The zero-order chi connectivity index (χ0) is 39.3. The Morgan fingerprint density at radius 3 is 2.36 bits per heavy atom. The standard InChI is InChI=1S/C38H54N7O9P/c1-4-5-6-7-8-9-10-11-12-13-14-15-20-48-23-29(51-32-21-28(22-39)18-19-42-32)24-49-55(46,47)50-26-38(25-40)35-34(52-37(2,3)54-35)33(53-38)30-16-17-31-36(41)43-27-44-45(30)31/h16-19,21,27,29,33-35H,4-15,20,23-24,26H2,1-3H3,(H,46,47)(H2,41,43,44)/t29-,33+,34+,35+,38-/m1/s1. The molecule has 5 heterocycles. The second kappa shape index (κ2) is 19.9. The highest BCUT2D eigenvalue weighted by Gasteiger charge is 2.65. The number of phosphoric acid groups is 1. The van der Waals surface area contributed by atoms with Gasteiger partial charge in [0, 0.05) is 18.9 Å². The summed E-state index contributed by atoms with van der Waals surface area (Å²) in [7, 11) is -4.82. The van der Waals surface area contributed by atoms with Crippen molar-refractivity contribution in [3.8, 4) is 18.0 Å². The summed E-state index contributed by atoms with van der Waals surface area (Å²) in [6.07, 6.45) is 13.8. The number of rotatable bonds is 24. The van der Waals surface area contributed by atoms with Crippen LogP contribution in [0.1, 0.15) is 115 Å². The second-order valence-corrected chi connectivity index (χ2v) is 16.0. The number of nitrogen functional groups attached to an aromatic ring is 1. The van der Waals surface area contributed by atoms with E-state index in [9.17, 15) is 20.0 Å². The fourth-order valence-corrected chi connectivity index (χ4v) is 7.65. The van der Waals surface area contributed by atoms with Crippen LogP contribution in [-0.2, 0) is 32.6 Å². The van der Waals surface area contributed by atoms with Gasteiger partial charge in [-0.25, -0.2) is 19.0 Å². The van der Waals surface area contributed by atoms with Crippen molar-refractivity contribution in [1.29, 1.82) is 10.5 Å². The molecule has 2 aliphatic heterocycles. The van der Waals surface area contributed by atoms with Crippen LogP contribution in [0.2, 0.25) is 0 Å². The van der Waals surface area contributed by atoms with Crippen molar-refractivity contribution in [2.24, 2.45) is 0 Å². The Morgan fingerprint density at radius 2 is 1.67 bits per heavy atom. The number of hydrogen-bond acceptors (Lipinski definition) is 14. The maximum atomic E-state index is 13.3. The number of hydrogen-bond donors (Lipinski definition) is 2. The highest BCUT2D eigenvalue weighted by atomic mass is 31.2. The number of nitrogens with two attached hydrogens (primary N) is 1. The van der Waals surface area contributed by atoms with E-state index in [0.717, 1.165) is 19.3 Å². The van der Waals surface area contributed by atoms with E-state index >= 15 is 0 Å². The van der Waals surface area contributed by atoms with Crippen molar-refractivity contribution in [3.05, 3.63) is 48.0 Å². The van der Waals surface area contributed by atoms with Crippen LogP contribution in [-0.4, -0.2) is 80.6 Å². The molecule has 0 aromatic carbocycles. The average Bonchev–Trinajstić information content (AvgIpc) is 3.83. The molecule has 5 rings (SSSR count). The molecule has 0 bridgehead atoms. The van der Waals surface area contributed by atoms with Crippen LogP contribution >= 0.6 is 7.82 Å². The Bertz CT molecular complexity index is 1810. The van der Waals surface area contributed by atoms with Crippen LogP contribution < -0.4 is 10.5 Å². The quantitative estimate of drug-likeness (QED) is 0.0711. The highest BCUT2D eigenvalue weighted by Crippen LogP contribution is 2.52. The first-order valence-electron chi connectivity index (χ1n) is 19.2. The van der Waals surface area contributed by atoms with E-state index in [1.54, 1.807) is 26.0 Å². The zero-order valence-electron chi connectivity index (χ0n) is 32.0. The minimum atomic E-state index is -4.82. The summed E-state index contributed by atoms with van der Waals surface area (Å²) < 4.78 is 56.0. The fourth-order valence-electron chi connectivity index (χ4n) is 6.87. The fraction of sp³-hybridized carbons (Fsp3) is 0.658. The molecule has 16 nitrogen and oxygen atoms in total. The van der Waals surface area contributed by atoms with Gasteiger partial charge in [-0.05, 0) is 38.5 Å². The maximum Gasteiger partial charge on any atom is 0.472 e. The first-order chi connectivity index (χ1) is 26.5. The van der Waals surface area contributed by atoms with Gasteiger partial charge in [0.25, 0.3) is 0 Å². The molecule has 2 aliphatic rings. The van der Waals surface area contributed by atoms with E-state index in [1.165, 1.54) is 87.0 Å². The average molecular weight is 784 g/mol. The van der Waals surface area contributed by atoms with Gasteiger partial charge in [0.1, 0.15) is 48.9 Å². The molecule has 3 N–H and O–H groups in total. The number of phosphoric ester groups is 1. The number of ether oxygens (including phenoxy) is 5. The summed E-state index contributed by atoms with van der Waals surface area (Å²) in [6, 6.07) is 10.6. The van der Waals surface area contributed by atoms with Crippen molar-refractivity contribution >= 4 is 19.2 Å². The number of nitrogens with zero attached hydrogens (tertiary/aromatic N) is 6. The predicted octanol–water partition coefficient (Wildman–Crippen LogP) is 6.73. The first kappa shape index (κ1) is 42.4. The van der Waals surface area contributed by atoms with Crippen molar-refractivity contribution in [2.45, 2.75) is 134 Å². The Hall–Kier alpha value is -3.70. The molecule has 0 aliphatic carbocycles. The molecule has 55 heavy (non-hydrogen) atoms. The SMILES string of the molecule is CCCCCCCCCCCCCCOC[C@H](COP(=O)(O)OC[C@@]1(C#N)O[C@@H](c2ccc3c(N)ncnn23)[C@@H]2OC(C)(C)O[C@@H]21)Oc1cc(C#N)ccn1. The van der Waals surface area contributed by atoms with Gasteiger partial charge >= 0.3 is 7.82 Å². The lowest BCUT2D eigenvalue weighted by Crippen LogP contribution is -2.45. The van der Waals surface area contributed by atoms with E-state index in [1.807, 2.05) is 6.07 Å². The molecule has 300 valence electrons. The minimum absolute atomic E-state index is 0.0206. The summed E-state index contributed by atoms with van der Waals surface area (Å²) >= 11 is 0. The lowest BCUT2D eigenvalue weighted by Gasteiger charge is -2.29. The Kier molecular flexibility index (Phi) is 15.4. The Balaban J connectivity index is 1.14. The summed E-state index contributed by atoms with van der Waals surface area (Å²) in [6.45, 7) is 5.00. The number of anilines is 1. The van der Waals surface area contributed by atoms with Crippen LogP contribution in [0.25, 0.3) is 5.52 Å². The summed E-state index contributed by atoms with van der Waals surface area (Å²) in [4.78, 5) is 19.0. The maximum absolute atomic E-state index is 13.3. The number of fused-ring (bicyclic) bond motifs is 2.